The molecule has 0 saturated carbocycles. The zero-order valence-corrected chi connectivity index (χ0v) is 15.1. The van der Waals surface area contributed by atoms with E-state index in [1.165, 1.54) is 11.1 Å². The molecule has 0 spiro atoms. The molecule has 0 heterocycles. The molecule has 0 saturated heterocycles. The highest BCUT2D eigenvalue weighted by Gasteiger charge is 1.80. The number of hydrogen-bond acceptors (Lipinski definition) is 6. The van der Waals surface area contributed by atoms with E-state index in [0.717, 1.165) is 12.8 Å². The van der Waals surface area contributed by atoms with E-state index in [1.807, 2.05) is 12.1 Å². The molecular weight excluding hydrogens is 352 g/mol. The van der Waals surface area contributed by atoms with Crippen molar-refractivity contribution in [2.45, 2.75) is 26.7 Å². The van der Waals surface area contributed by atoms with Crippen LogP contribution in [0.1, 0.15) is 25.0 Å². The Bertz CT molecular complexity index is 657. The smallest absolute Gasteiger partial charge is 0.142 e. The van der Waals surface area contributed by atoms with Gasteiger partial charge in [-0.1, -0.05) is 74.5 Å². The normalized spacial score (nSPS) is 8.08. The van der Waals surface area contributed by atoms with Gasteiger partial charge in [0.15, 0.2) is 0 Å². The molecule has 0 aliphatic carbocycles. The van der Waals surface area contributed by atoms with Gasteiger partial charge in [-0.15, -0.1) is 25.3 Å². The van der Waals surface area contributed by atoms with Crippen molar-refractivity contribution in [1.82, 2.24) is 0 Å². The van der Waals surface area contributed by atoms with Crippen molar-refractivity contribution in [3.8, 4) is 0 Å². The summed E-state index contributed by atoms with van der Waals surface area (Å²) in [7, 11) is -6.22. The lowest BCUT2D eigenvalue weighted by atomic mass is 10.2. The Labute approximate surface area is 145 Å². The molecule has 8 heteroatoms. The fraction of sp³-hybridized carbons (Fsp3) is 0.250. The van der Waals surface area contributed by atoms with Gasteiger partial charge in [0.25, 0.3) is 0 Å². The predicted octanol–water partition coefficient (Wildman–Crippen LogP) is 2.49. The van der Waals surface area contributed by atoms with Crippen molar-refractivity contribution >= 4 is 21.2 Å². The third-order valence-corrected chi connectivity index (χ3v) is 2.50. The lowest BCUT2D eigenvalue weighted by molar-refractivity contribution is 0.557. The molecule has 0 fully saturated rings. The molecule has 0 aliphatic rings. The second-order valence-electron chi connectivity index (χ2n) is 4.09. The largest absolute Gasteiger partial charge is 0.425 e. The lowest BCUT2D eigenvalue weighted by Crippen LogP contribution is -1.73. The van der Waals surface area contributed by atoms with Gasteiger partial charge in [-0.25, -0.2) is 0 Å². The van der Waals surface area contributed by atoms with Crippen LogP contribution in [0.15, 0.2) is 60.7 Å². The summed E-state index contributed by atoms with van der Waals surface area (Å²) >= 11 is 0. The Morgan fingerprint density at radius 3 is 0.875 bits per heavy atom. The Morgan fingerprint density at radius 1 is 0.542 bits per heavy atom. The first-order valence-electron chi connectivity index (χ1n) is 6.94. The van der Waals surface area contributed by atoms with Crippen LogP contribution in [0.2, 0.25) is 0 Å². The van der Waals surface area contributed by atoms with E-state index in [2.05, 4.69) is 62.4 Å². The van der Waals surface area contributed by atoms with E-state index < -0.39 is 21.2 Å². The molecule has 0 unspecified atom stereocenters. The molecular formula is C16H20O6S2. The first-order chi connectivity index (χ1) is 11.3. The van der Waals surface area contributed by atoms with Gasteiger partial charge in [-0.05, 0) is 24.0 Å². The molecule has 0 radical (unpaired) electrons. The monoisotopic (exact) mass is 372 g/mol. The average molecular weight is 372 g/mol. The van der Waals surface area contributed by atoms with E-state index in [1.54, 1.807) is 0 Å². The van der Waals surface area contributed by atoms with Crippen LogP contribution in [-0.2, 0) is 34.1 Å². The Hall–Kier alpha value is -2.32. The number of aryl methyl sites for hydroxylation is 2. The minimum Gasteiger partial charge on any atom is -0.142 e. The van der Waals surface area contributed by atoms with Crippen LogP contribution in [-0.4, -0.2) is 25.3 Å². The molecule has 2 aromatic carbocycles. The van der Waals surface area contributed by atoms with Gasteiger partial charge < -0.3 is 0 Å². The Kier molecular flexibility index (Phi) is 17.0. The minimum atomic E-state index is -3.11. The molecule has 2 aromatic rings. The van der Waals surface area contributed by atoms with Gasteiger partial charge in [-0.2, -0.15) is 0 Å². The van der Waals surface area contributed by atoms with E-state index in [4.69, 9.17) is 25.3 Å². The summed E-state index contributed by atoms with van der Waals surface area (Å²) in [5.74, 6) is 0. The zero-order valence-electron chi connectivity index (χ0n) is 13.5. The molecule has 2 rings (SSSR count). The highest BCUT2D eigenvalue weighted by atomic mass is 32.2. The molecule has 0 aliphatic heterocycles. The average Bonchev–Trinajstić information content (AvgIpc) is 2.56. The second-order valence-corrected chi connectivity index (χ2v) is 4.90. The molecule has 0 atom stereocenters. The fourth-order valence-corrected chi connectivity index (χ4v) is 1.43. The summed E-state index contributed by atoms with van der Waals surface area (Å²) in [6.07, 6.45) is 2.28. The summed E-state index contributed by atoms with van der Waals surface area (Å²) in [6.45, 7) is 4.32. The highest BCUT2D eigenvalue weighted by molar-refractivity contribution is 7.59. The minimum absolute atomic E-state index is 1.14. The predicted molar refractivity (Wildman–Crippen MR) is 91.0 cm³/mol. The Morgan fingerprint density at radius 2 is 0.750 bits per heavy atom. The van der Waals surface area contributed by atoms with Crippen molar-refractivity contribution in [2.75, 3.05) is 0 Å². The highest BCUT2D eigenvalue weighted by Crippen LogP contribution is 1.97. The third kappa shape index (κ3) is 22.0. The molecule has 132 valence electrons. The summed E-state index contributed by atoms with van der Waals surface area (Å²) < 4.78 is 50.7. The first kappa shape index (κ1) is 23.9. The van der Waals surface area contributed by atoms with Crippen LogP contribution in [0.25, 0.3) is 0 Å². The molecule has 0 N–H and O–H groups in total. The van der Waals surface area contributed by atoms with E-state index in [-0.39, 0.29) is 0 Å². The second kappa shape index (κ2) is 17.0. The topological polar surface area (TPSA) is 102 Å². The lowest BCUT2D eigenvalue weighted by Gasteiger charge is -1.89. The van der Waals surface area contributed by atoms with Crippen LogP contribution >= 0.6 is 0 Å². The summed E-state index contributed by atoms with van der Waals surface area (Å²) in [5.41, 5.74) is 2.82. The van der Waals surface area contributed by atoms with Crippen molar-refractivity contribution in [3.63, 3.8) is 0 Å². The van der Waals surface area contributed by atoms with E-state index in [0.29, 0.717) is 0 Å². The summed E-state index contributed by atoms with van der Waals surface area (Å²) in [4.78, 5) is 0. The van der Waals surface area contributed by atoms with Gasteiger partial charge in [0.05, 0.1) is 0 Å². The quantitative estimate of drug-likeness (QED) is 0.802. The number of hydrogen-bond donors (Lipinski definition) is 0. The summed E-state index contributed by atoms with van der Waals surface area (Å²) in [6, 6.07) is 20.9. The van der Waals surface area contributed by atoms with Crippen LogP contribution in [0.3, 0.4) is 0 Å². The maximum atomic E-state index is 8.44. The molecule has 0 bridgehead atoms. The molecule has 6 nitrogen and oxygen atoms in total. The SMILES string of the molecule is CCc1ccccc1.CCc1ccccc1.O=S(=O)=O.O=S(=O)=O. The van der Waals surface area contributed by atoms with Crippen LogP contribution in [0, 0.1) is 0 Å². The number of rotatable bonds is 2. The maximum Gasteiger partial charge on any atom is 0.425 e. The Balaban J connectivity index is 0. The van der Waals surface area contributed by atoms with Crippen molar-refractivity contribution < 1.29 is 25.3 Å². The molecule has 24 heavy (non-hydrogen) atoms. The molecule has 0 aromatic heterocycles. The summed E-state index contributed by atoms with van der Waals surface area (Å²) in [5, 5.41) is 0. The first-order valence-corrected chi connectivity index (χ1v) is 8.94. The van der Waals surface area contributed by atoms with Gasteiger partial charge >= 0.3 is 21.2 Å². The van der Waals surface area contributed by atoms with Gasteiger partial charge in [-0.3, -0.25) is 0 Å². The maximum absolute atomic E-state index is 8.44. The zero-order chi connectivity index (χ0) is 18.8. The third-order valence-electron chi connectivity index (χ3n) is 2.50. The standard InChI is InChI=1S/2C8H10.2O3S/c2*1-2-8-6-4-3-5-7-8;2*1-4(2)3/h2*3-7H,2H2,1H3;;. The van der Waals surface area contributed by atoms with Crippen molar-refractivity contribution in [3.05, 3.63) is 71.8 Å². The number of benzene rings is 2. The fourth-order valence-electron chi connectivity index (χ4n) is 1.43. The van der Waals surface area contributed by atoms with Crippen LogP contribution in [0.5, 0.6) is 0 Å². The van der Waals surface area contributed by atoms with Gasteiger partial charge in [0, 0.05) is 0 Å². The van der Waals surface area contributed by atoms with Gasteiger partial charge in [0.1, 0.15) is 0 Å². The van der Waals surface area contributed by atoms with Gasteiger partial charge in [0.2, 0.25) is 0 Å². The van der Waals surface area contributed by atoms with E-state index in [9.17, 15) is 0 Å². The van der Waals surface area contributed by atoms with Crippen molar-refractivity contribution in [1.29, 1.82) is 0 Å². The van der Waals surface area contributed by atoms with Crippen molar-refractivity contribution in [2.24, 2.45) is 0 Å². The van der Waals surface area contributed by atoms with E-state index >= 15 is 0 Å². The van der Waals surface area contributed by atoms with Crippen LogP contribution < -0.4 is 0 Å². The van der Waals surface area contributed by atoms with Crippen LogP contribution in [0.4, 0.5) is 0 Å². The molecule has 0 amide bonds.